The number of ether oxygens (including phenoxy) is 1. The number of para-hydroxylation sites is 2. The van der Waals surface area contributed by atoms with Crippen LogP contribution < -0.4 is 10.1 Å². The fourth-order valence-corrected chi connectivity index (χ4v) is 2.11. The minimum atomic E-state index is -0.573. The quantitative estimate of drug-likeness (QED) is 0.789. The minimum absolute atomic E-state index is 0.163. The fourth-order valence-electron chi connectivity index (χ4n) is 2.11. The van der Waals surface area contributed by atoms with Crippen LogP contribution in [0.25, 0.3) is 6.08 Å². The third kappa shape index (κ3) is 5.29. The maximum Gasteiger partial charge on any atom is 0.265 e. The average molecular weight is 309 g/mol. The summed E-state index contributed by atoms with van der Waals surface area (Å²) in [6, 6.07) is 17.1. The van der Waals surface area contributed by atoms with Crippen molar-refractivity contribution < 1.29 is 9.53 Å². The van der Waals surface area contributed by atoms with E-state index in [0.29, 0.717) is 0 Å². The van der Waals surface area contributed by atoms with E-state index >= 15 is 0 Å². The molecular formula is C20H23NO2. The van der Waals surface area contributed by atoms with Crippen LogP contribution in [0.4, 0.5) is 5.69 Å². The van der Waals surface area contributed by atoms with Crippen molar-refractivity contribution in [3.8, 4) is 5.75 Å². The lowest BCUT2D eigenvalue weighted by atomic mass is 10.1. The molecule has 0 aromatic heterocycles. The maximum absolute atomic E-state index is 12.2. The summed E-state index contributed by atoms with van der Waals surface area (Å²) in [7, 11) is 0. The third-order valence-electron chi connectivity index (χ3n) is 3.39. The molecule has 3 heteroatoms. The van der Waals surface area contributed by atoms with Gasteiger partial charge >= 0.3 is 0 Å². The maximum atomic E-state index is 12.2. The van der Waals surface area contributed by atoms with E-state index < -0.39 is 6.10 Å². The van der Waals surface area contributed by atoms with Crippen molar-refractivity contribution in [2.75, 3.05) is 5.32 Å². The van der Waals surface area contributed by atoms with E-state index in [1.807, 2.05) is 60.7 Å². The zero-order valence-electron chi connectivity index (χ0n) is 13.7. The zero-order valence-corrected chi connectivity index (χ0v) is 13.7. The molecule has 23 heavy (non-hydrogen) atoms. The monoisotopic (exact) mass is 309 g/mol. The normalized spacial score (nSPS) is 12.1. The second kappa shape index (κ2) is 8.79. The number of benzene rings is 2. The fraction of sp³-hybridized carbons (Fsp3) is 0.250. The van der Waals surface area contributed by atoms with Crippen molar-refractivity contribution in [1.29, 1.82) is 0 Å². The summed E-state index contributed by atoms with van der Waals surface area (Å²) < 4.78 is 5.85. The standard InChI is InChI=1S/C20H23NO2/c1-3-4-6-11-17-12-9-10-15-19(17)23-16(2)20(22)21-18-13-7-5-8-14-18/h5-16H,3-4H2,1-2H3,(H,21,22)/b11-6+. The van der Waals surface area contributed by atoms with Crippen LogP contribution in [0.3, 0.4) is 0 Å². The lowest BCUT2D eigenvalue weighted by Crippen LogP contribution is -2.30. The summed E-state index contributed by atoms with van der Waals surface area (Å²) in [6.45, 7) is 3.90. The van der Waals surface area contributed by atoms with Gasteiger partial charge in [-0.15, -0.1) is 0 Å². The van der Waals surface area contributed by atoms with Gasteiger partial charge in [-0.3, -0.25) is 4.79 Å². The highest BCUT2D eigenvalue weighted by Gasteiger charge is 2.15. The molecule has 0 radical (unpaired) electrons. The van der Waals surface area contributed by atoms with Gasteiger partial charge in [0.05, 0.1) is 0 Å². The Morgan fingerprint density at radius 3 is 2.57 bits per heavy atom. The van der Waals surface area contributed by atoms with E-state index in [-0.39, 0.29) is 5.91 Å². The Bertz CT molecular complexity index is 650. The molecule has 0 aliphatic rings. The number of nitrogens with one attached hydrogen (secondary N) is 1. The minimum Gasteiger partial charge on any atom is -0.480 e. The first-order valence-corrected chi connectivity index (χ1v) is 7.99. The number of carbonyl (C=O) groups excluding carboxylic acids is 1. The molecule has 1 amide bonds. The van der Waals surface area contributed by atoms with Crippen molar-refractivity contribution >= 4 is 17.7 Å². The molecule has 3 nitrogen and oxygen atoms in total. The Balaban J connectivity index is 2.02. The molecule has 0 saturated heterocycles. The molecule has 0 saturated carbocycles. The van der Waals surface area contributed by atoms with Crippen molar-refractivity contribution in [3.05, 3.63) is 66.2 Å². The molecule has 120 valence electrons. The lowest BCUT2D eigenvalue weighted by molar-refractivity contribution is -0.122. The van der Waals surface area contributed by atoms with E-state index in [9.17, 15) is 4.79 Å². The van der Waals surface area contributed by atoms with Crippen molar-refractivity contribution in [2.45, 2.75) is 32.8 Å². The number of allylic oxidation sites excluding steroid dienone is 1. The highest BCUT2D eigenvalue weighted by atomic mass is 16.5. The number of hydrogen-bond acceptors (Lipinski definition) is 2. The van der Waals surface area contributed by atoms with E-state index in [4.69, 9.17) is 4.74 Å². The van der Waals surface area contributed by atoms with Gasteiger partial charge in [-0.1, -0.05) is 61.9 Å². The molecule has 0 bridgehead atoms. The zero-order chi connectivity index (χ0) is 16.5. The topological polar surface area (TPSA) is 38.3 Å². The summed E-state index contributed by atoms with van der Waals surface area (Å²) in [5.74, 6) is 0.555. The van der Waals surface area contributed by atoms with Crippen LogP contribution in [0.5, 0.6) is 5.75 Å². The van der Waals surface area contributed by atoms with E-state index in [1.54, 1.807) is 6.92 Å². The van der Waals surface area contributed by atoms with Crippen LogP contribution in [-0.4, -0.2) is 12.0 Å². The lowest BCUT2D eigenvalue weighted by Gasteiger charge is -2.16. The highest BCUT2D eigenvalue weighted by molar-refractivity contribution is 5.94. The van der Waals surface area contributed by atoms with Gasteiger partial charge in [0.1, 0.15) is 5.75 Å². The molecule has 1 atom stereocenters. The largest absolute Gasteiger partial charge is 0.480 e. The first kappa shape index (κ1) is 16.8. The molecule has 0 aliphatic heterocycles. The van der Waals surface area contributed by atoms with Crippen LogP contribution >= 0.6 is 0 Å². The second-order valence-corrected chi connectivity index (χ2v) is 5.34. The molecule has 0 aliphatic carbocycles. The molecule has 0 spiro atoms. The van der Waals surface area contributed by atoms with Gasteiger partial charge in [0.15, 0.2) is 6.10 Å². The molecule has 1 unspecified atom stereocenters. The van der Waals surface area contributed by atoms with Gasteiger partial charge in [-0.25, -0.2) is 0 Å². The molecule has 0 heterocycles. The number of unbranched alkanes of at least 4 members (excludes halogenated alkanes) is 1. The first-order valence-electron chi connectivity index (χ1n) is 7.99. The van der Waals surface area contributed by atoms with Crippen LogP contribution in [0.2, 0.25) is 0 Å². The molecule has 2 rings (SSSR count). The Labute approximate surface area is 138 Å². The number of carbonyl (C=O) groups is 1. The van der Waals surface area contributed by atoms with Gasteiger partial charge in [0.25, 0.3) is 5.91 Å². The number of amides is 1. The van der Waals surface area contributed by atoms with Crippen molar-refractivity contribution in [1.82, 2.24) is 0 Å². The van der Waals surface area contributed by atoms with E-state index in [0.717, 1.165) is 29.8 Å². The Morgan fingerprint density at radius 2 is 1.83 bits per heavy atom. The van der Waals surface area contributed by atoms with Crippen molar-refractivity contribution in [3.63, 3.8) is 0 Å². The van der Waals surface area contributed by atoms with E-state index in [2.05, 4.69) is 18.3 Å². The van der Waals surface area contributed by atoms with Gasteiger partial charge < -0.3 is 10.1 Å². The number of rotatable bonds is 7. The van der Waals surface area contributed by atoms with Gasteiger partial charge in [0, 0.05) is 11.3 Å². The summed E-state index contributed by atoms with van der Waals surface area (Å²) in [5.41, 5.74) is 1.75. The predicted octanol–water partition coefficient (Wildman–Crippen LogP) is 4.91. The van der Waals surface area contributed by atoms with Crippen LogP contribution in [0.1, 0.15) is 32.3 Å². The predicted molar refractivity (Wildman–Crippen MR) is 95.5 cm³/mol. The Kier molecular flexibility index (Phi) is 6.42. The second-order valence-electron chi connectivity index (χ2n) is 5.34. The number of anilines is 1. The molecule has 2 aromatic carbocycles. The Hall–Kier alpha value is -2.55. The van der Waals surface area contributed by atoms with E-state index in [1.165, 1.54) is 0 Å². The average Bonchev–Trinajstić information content (AvgIpc) is 2.57. The van der Waals surface area contributed by atoms with Gasteiger partial charge in [-0.05, 0) is 31.5 Å². The smallest absolute Gasteiger partial charge is 0.265 e. The SMILES string of the molecule is CCC/C=C/c1ccccc1OC(C)C(=O)Nc1ccccc1. The van der Waals surface area contributed by atoms with Gasteiger partial charge in [-0.2, -0.15) is 0 Å². The summed E-state index contributed by atoms with van der Waals surface area (Å²) in [4.78, 5) is 12.2. The van der Waals surface area contributed by atoms with Crippen LogP contribution in [-0.2, 0) is 4.79 Å². The molecule has 0 fully saturated rings. The molecular weight excluding hydrogens is 286 g/mol. The highest BCUT2D eigenvalue weighted by Crippen LogP contribution is 2.21. The van der Waals surface area contributed by atoms with Crippen molar-refractivity contribution in [2.24, 2.45) is 0 Å². The first-order chi connectivity index (χ1) is 11.2. The van der Waals surface area contributed by atoms with Gasteiger partial charge in [0.2, 0.25) is 0 Å². The summed E-state index contributed by atoms with van der Waals surface area (Å²) in [6.07, 6.45) is 5.72. The van der Waals surface area contributed by atoms with Crippen LogP contribution in [0.15, 0.2) is 60.7 Å². The molecule has 2 aromatic rings. The van der Waals surface area contributed by atoms with Crippen LogP contribution in [0, 0.1) is 0 Å². The summed E-state index contributed by atoms with van der Waals surface area (Å²) in [5, 5.41) is 2.85. The molecule has 1 N–H and O–H groups in total. The summed E-state index contributed by atoms with van der Waals surface area (Å²) >= 11 is 0. The Morgan fingerprint density at radius 1 is 1.13 bits per heavy atom. The number of hydrogen-bond donors (Lipinski definition) is 1. The third-order valence-corrected chi connectivity index (χ3v) is 3.39.